The number of amides is 2. The van der Waals surface area contributed by atoms with Crippen molar-refractivity contribution < 1.29 is 18.4 Å². The Kier molecular flexibility index (Phi) is 9.51. The average Bonchev–Trinajstić information content (AvgIpc) is 2.62. The summed E-state index contributed by atoms with van der Waals surface area (Å²) in [7, 11) is 0. The third-order valence-electron chi connectivity index (χ3n) is 4.43. The Hall–Kier alpha value is -1.73. The van der Waals surface area contributed by atoms with E-state index < -0.39 is 11.6 Å². The molecule has 1 unspecified atom stereocenters. The summed E-state index contributed by atoms with van der Waals surface area (Å²) in [5, 5.41) is 2.77. The number of piperidine rings is 1. The zero-order chi connectivity index (χ0) is 18.2. The minimum absolute atomic E-state index is 0. The maximum absolute atomic E-state index is 13.2. The van der Waals surface area contributed by atoms with Crippen LogP contribution in [0.1, 0.15) is 31.2 Å². The van der Waals surface area contributed by atoms with Crippen molar-refractivity contribution in [2.75, 3.05) is 26.2 Å². The van der Waals surface area contributed by atoms with Crippen molar-refractivity contribution in [3.05, 3.63) is 35.4 Å². The van der Waals surface area contributed by atoms with Gasteiger partial charge in [0.1, 0.15) is 0 Å². The minimum atomic E-state index is -0.869. The van der Waals surface area contributed by atoms with E-state index in [4.69, 9.17) is 5.73 Å². The van der Waals surface area contributed by atoms with E-state index >= 15 is 0 Å². The van der Waals surface area contributed by atoms with Gasteiger partial charge in [0.25, 0.3) is 0 Å². The molecule has 0 spiro atoms. The fourth-order valence-electron chi connectivity index (χ4n) is 3.05. The number of carbonyl (C=O) groups is 2. The van der Waals surface area contributed by atoms with Crippen molar-refractivity contribution >= 4 is 24.2 Å². The molecule has 1 atom stereocenters. The maximum atomic E-state index is 13.2. The first-order chi connectivity index (χ1) is 12.0. The van der Waals surface area contributed by atoms with Gasteiger partial charge in [-0.15, -0.1) is 12.4 Å². The van der Waals surface area contributed by atoms with Crippen LogP contribution in [0.25, 0.3) is 0 Å². The van der Waals surface area contributed by atoms with Crippen molar-refractivity contribution in [1.29, 1.82) is 0 Å². The highest BCUT2D eigenvalue weighted by Crippen LogP contribution is 2.18. The number of carbonyl (C=O) groups excluding carboxylic acids is 2. The smallest absolute Gasteiger partial charge is 0.224 e. The zero-order valence-electron chi connectivity index (χ0n) is 14.7. The number of halogens is 3. The van der Waals surface area contributed by atoms with Crippen molar-refractivity contribution in [1.82, 2.24) is 10.2 Å². The normalized spacial score (nSPS) is 16.7. The molecule has 3 N–H and O–H groups in total. The first kappa shape index (κ1) is 22.3. The van der Waals surface area contributed by atoms with Gasteiger partial charge in [-0.3, -0.25) is 9.59 Å². The molecule has 146 valence electrons. The van der Waals surface area contributed by atoms with E-state index in [1.807, 2.05) is 0 Å². The fourth-order valence-corrected chi connectivity index (χ4v) is 3.05. The van der Waals surface area contributed by atoms with Gasteiger partial charge in [0.15, 0.2) is 11.6 Å². The number of nitrogens with zero attached hydrogens (tertiary/aromatic N) is 1. The van der Waals surface area contributed by atoms with E-state index in [0.717, 1.165) is 18.9 Å². The monoisotopic (exact) mass is 389 g/mol. The topological polar surface area (TPSA) is 75.4 Å². The first-order valence-electron chi connectivity index (χ1n) is 8.70. The van der Waals surface area contributed by atoms with E-state index in [9.17, 15) is 18.4 Å². The van der Waals surface area contributed by atoms with Crippen LogP contribution in [0.15, 0.2) is 18.2 Å². The summed E-state index contributed by atoms with van der Waals surface area (Å²) < 4.78 is 26.1. The van der Waals surface area contributed by atoms with Crippen molar-refractivity contribution in [2.45, 2.75) is 32.1 Å². The molecule has 1 aliphatic rings. The van der Waals surface area contributed by atoms with Crippen LogP contribution in [0, 0.1) is 17.6 Å². The van der Waals surface area contributed by atoms with Crippen LogP contribution < -0.4 is 11.1 Å². The van der Waals surface area contributed by atoms with Crippen LogP contribution in [-0.4, -0.2) is 42.9 Å². The molecule has 0 aliphatic carbocycles. The molecule has 5 nitrogen and oxygen atoms in total. The summed E-state index contributed by atoms with van der Waals surface area (Å²) >= 11 is 0. The minimum Gasteiger partial charge on any atom is -0.355 e. The molecule has 1 fully saturated rings. The number of aryl methyl sites for hydroxylation is 1. The van der Waals surface area contributed by atoms with E-state index in [0.29, 0.717) is 51.0 Å². The summed E-state index contributed by atoms with van der Waals surface area (Å²) in [5.74, 6) is -1.97. The Morgan fingerprint density at radius 1 is 1.27 bits per heavy atom. The second-order valence-electron chi connectivity index (χ2n) is 6.36. The van der Waals surface area contributed by atoms with Gasteiger partial charge in [-0.25, -0.2) is 8.78 Å². The number of benzene rings is 1. The first-order valence-corrected chi connectivity index (χ1v) is 8.70. The lowest BCUT2D eigenvalue weighted by molar-refractivity contribution is -0.135. The molecule has 1 heterocycles. The Morgan fingerprint density at radius 2 is 2.04 bits per heavy atom. The largest absolute Gasteiger partial charge is 0.355 e. The third kappa shape index (κ3) is 6.53. The number of nitrogens with two attached hydrogens (primary N) is 1. The quantitative estimate of drug-likeness (QED) is 0.749. The molecule has 0 bridgehead atoms. The predicted molar refractivity (Wildman–Crippen MR) is 97.9 cm³/mol. The summed E-state index contributed by atoms with van der Waals surface area (Å²) in [6.45, 7) is 1.92. The molecule has 2 rings (SSSR count). The van der Waals surface area contributed by atoms with E-state index in [2.05, 4.69) is 5.32 Å². The molecule has 0 aromatic heterocycles. The molecule has 0 radical (unpaired) electrons. The van der Waals surface area contributed by atoms with Crippen LogP contribution in [0.2, 0.25) is 0 Å². The van der Waals surface area contributed by atoms with Gasteiger partial charge < -0.3 is 16.0 Å². The fraction of sp³-hybridized carbons (Fsp3) is 0.556. The van der Waals surface area contributed by atoms with Gasteiger partial charge >= 0.3 is 0 Å². The molecule has 0 saturated carbocycles. The lowest BCUT2D eigenvalue weighted by Crippen LogP contribution is -2.46. The molecule has 1 aliphatic heterocycles. The number of nitrogens with one attached hydrogen (secondary N) is 1. The number of rotatable bonds is 7. The Balaban J connectivity index is 0.00000338. The molecule has 1 aromatic rings. The van der Waals surface area contributed by atoms with Gasteiger partial charge in [0.05, 0.1) is 5.92 Å². The highest BCUT2D eigenvalue weighted by molar-refractivity contribution is 5.85. The Morgan fingerprint density at radius 3 is 2.73 bits per heavy atom. The van der Waals surface area contributed by atoms with Gasteiger partial charge in [-0.1, -0.05) is 6.07 Å². The van der Waals surface area contributed by atoms with Crippen molar-refractivity contribution in [3.8, 4) is 0 Å². The molecule has 1 aromatic carbocycles. The summed E-state index contributed by atoms with van der Waals surface area (Å²) in [5.41, 5.74) is 6.05. The second kappa shape index (κ2) is 11.1. The average molecular weight is 390 g/mol. The Bertz CT molecular complexity index is 616. The number of hydrogen-bond donors (Lipinski definition) is 2. The van der Waals surface area contributed by atoms with Crippen molar-refractivity contribution in [3.63, 3.8) is 0 Å². The van der Waals surface area contributed by atoms with Gasteiger partial charge in [0.2, 0.25) is 11.8 Å². The van der Waals surface area contributed by atoms with Crippen molar-refractivity contribution in [2.24, 2.45) is 11.7 Å². The molecule has 2 amide bonds. The SMILES string of the molecule is Cl.NCCNC(=O)C1CCCN(C(=O)CCCc2ccc(F)c(F)c2)C1. The van der Waals surface area contributed by atoms with E-state index in [1.165, 1.54) is 12.1 Å². The van der Waals surface area contributed by atoms with Crippen LogP contribution in [0.3, 0.4) is 0 Å². The summed E-state index contributed by atoms with van der Waals surface area (Å²) in [6, 6.07) is 3.79. The van der Waals surface area contributed by atoms with Gasteiger partial charge in [-0.05, 0) is 43.4 Å². The van der Waals surface area contributed by atoms with E-state index in [-0.39, 0.29) is 30.1 Å². The van der Waals surface area contributed by atoms with Crippen LogP contribution in [0.5, 0.6) is 0 Å². The molecule has 26 heavy (non-hydrogen) atoms. The van der Waals surface area contributed by atoms with E-state index in [1.54, 1.807) is 4.90 Å². The third-order valence-corrected chi connectivity index (χ3v) is 4.43. The van der Waals surface area contributed by atoms with Gasteiger partial charge in [0, 0.05) is 32.6 Å². The second-order valence-corrected chi connectivity index (χ2v) is 6.36. The van der Waals surface area contributed by atoms with Gasteiger partial charge in [-0.2, -0.15) is 0 Å². The predicted octanol–water partition coefficient (Wildman–Crippen LogP) is 2.02. The van der Waals surface area contributed by atoms with Crippen LogP contribution in [-0.2, 0) is 16.0 Å². The summed E-state index contributed by atoms with van der Waals surface area (Å²) in [4.78, 5) is 26.1. The highest BCUT2D eigenvalue weighted by atomic mass is 35.5. The maximum Gasteiger partial charge on any atom is 0.224 e. The van der Waals surface area contributed by atoms with Crippen LogP contribution >= 0.6 is 12.4 Å². The standard InChI is InChI=1S/C18H25F2N3O2.ClH/c19-15-7-6-13(11-16(15)20)3-1-5-17(24)23-10-2-4-14(12-23)18(25)22-9-8-21;/h6-7,11,14H,1-5,8-10,12,21H2,(H,22,25);1H. The molecule has 1 saturated heterocycles. The lowest BCUT2D eigenvalue weighted by Gasteiger charge is -2.32. The molecular weight excluding hydrogens is 364 g/mol. The zero-order valence-corrected chi connectivity index (χ0v) is 15.5. The highest BCUT2D eigenvalue weighted by Gasteiger charge is 2.27. The number of hydrogen-bond acceptors (Lipinski definition) is 3. The summed E-state index contributed by atoms with van der Waals surface area (Å²) in [6.07, 6.45) is 2.97. The molecule has 8 heteroatoms. The molecular formula is C18H26ClF2N3O2. The lowest BCUT2D eigenvalue weighted by atomic mass is 9.96. The Labute approximate surface area is 158 Å². The number of likely N-dealkylation sites (tertiary alicyclic amines) is 1. The van der Waals surface area contributed by atoms with Crippen LogP contribution in [0.4, 0.5) is 8.78 Å².